The molecular formula is C27H30N2O3. The van der Waals surface area contributed by atoms with Crippen LogP contribution in [0.1, 0.15) is 50.9 Å². The van der Waals surface area contributed by atoms with Crippen LogP contribution in [0.3, 0.4) is 0 Å². The Hall–Kier alpha value is -3.21. The summed E-state index contributed by atoms with van der Waals surface area (Å²) in [5.74, 6) is 0.360. The molecule has 166 valence electrons. The number of aromatic hydroxyl groups is 1. The third kappa shape index (κ3) is 3.99. The van der Waals surface area contributed by atoms with Gasteiger partial charge in [0.25, 0.3) is 0 Å². The number of fused-ring (bicyclic) bond motifs is 1. The number of hydrogen-bond donors (Lipinski definition) is 1. The first-order chi connectivity index (χ1) is 15.2. The Morgan fingerprint density at radius 2 is 1.75 bits per heavy atom. The molecule has 0 heterocycles. The monoisotopic (exact) mass is 430 g/mol. The highest BCUT2D eigenvalue weighted by molar-refractivity contribution is 5.95. The minimum atomic E-state index is -0.322. The van der Waals surface area contributed by atoms with Gasteiger partial charge in [-0.3, -0.25) is 0 Å². The highest BCUT2D eigenvalue weighted by atomic mass is 16.5. The Bertz CT molecular complexity index is 1170. The molecule has 0 aromatic heterocycles. The second-order valence-electron chi connectivity index (χ2n) is 9.70. The zero-order valence-electron chi connectivity index (χ0n) is 19.1. The van der Waals surface area contributed by atoms with E-state index >= 15 is 0 Å². The molecule has 0 bridgehead atoms. The molecule has 1 fully saturated rings. The highest BCUT2D eigenvalue weighted by Gasteiger charge is 2.50. The summed E-state index contributed by atoms with van der Waals surface area (Å²) in [6.45, 7) is 9.46. The molecule has 1 saturated carbocycles. The van der Waals surface area contributed by atoms with Gasteiger partial charge in [-0.05, 0) is 59.9 Å². The molecule has 32 heavy (non-hydrogen) atoms. The van der Waals surface area contributed by atoms with E-state index in [-0.39, 0.29) is 22.5 Å². The van der Waals surface area contributed by atoms with Crippen LogP contribution < -0.4 is 0 Å². The van der Waals surface area contributed by atoms with Crippen molar-refractivity contribution in [3.63, 3.8) is 0 Å². The number of azo groups is 1. The predicted octanol–water partition coefficient (Wildman–Crippen LogP) is 7.58. The van der Waals surface area contributed by atoms with Crippen LogP contribution in [0, 0.1) is 16.7 Å². The van der Waals surface area contributed by atoms with E-state index in [2.05, 4.69) is 37.9 Å². The first-order valence-electron chi connectivity index (χ1n) is 11.1. The average Bonchev–Trinajstić information content (AvgIpc) is 3.00. The lowest BCUT2D eigenvalue weighted by atomic mass is 9.66. The molecule has 0 spiro atoms. The molecule has 2 atom stereocenters. The van der Waals surface area contributed by atoms with Gasteiger partial charge in [-0.2, -0.15) is 5.11 Å². The number of carbonyl (C=O) groups excluding carboxylic acids is 1. The minimum absolute atomic E-state index is 0.0172. The summed E-state index contributed by atoms with van der Waals surface area (Å²) in [4.78, 5) is 12.6. The fraction of sp³-hybridized carbons (Fsp3) is 0.370. The summed E-state index contributed by atoms with van der Waals surface area (Å²) in [6.07, 6.45) is 2.22. The zero-order chi connectivity index (χ0) is 22.9. The summed E-state index contributed by atoms with van der Waals surface area (Å²) < 4.78 is 5.71. The largest absolute Gasteiger partial charge is 0.506 e. The van der Waals surface area contributed by atoms with Gasteiger partial charge in [0.2, 0.25) is 0 Å². The number of esters is 1. The number of benzene rings is 3. The smallest absolute Gasteiger partial charge is 0.338 e. The number of nitrogens with zero attached hydrogens (tertiary/aromatic N) is 2. The van der Waals surface area contributed by atoms with E-state index in [1.807, 2.05) is 30.3 Å². The van der Waals surface area contributed by atoms with E-state index in [0.717, 1.165) is 23.6 Å². The number of hydrogen-bond acceptors (Lipinski definition) is 5. The maximum absolute atomic E-state index is 12.6. The molecule has 0 radical (unpaired) electrons. The van der Waals surface area contributed by atoms with Gasteiger partial charge < -0.3 is 9.84 Å². The van der Waals surface area contributed by atoms with Crippen LogP contribution in [0.15, 0.2) is 70.9 Å². The summed E-state index contributed by atoms with van der Waals surface area (Å²) in [5, 5.41) is 20.5. The lowest BCUT2D eigenvalue weighted by molar-refractivity contribution is -0.00349. The maximum atomic E-state index is 12.6. The lowest BCUT2D eigenvalue weighted by Crippen LogP contribution is -2.37. The molecule has 1 aliphatic carbocycles. The van der Waals surface area contributed by atoms with Crippen LogP contribution in [0.2, 0.25) is 0 Å². The Morgan fingerprint density at radius 3 is 2.44 bits per heavy atom. The third-order valence-electron chi connectivity index (χ3n) is 7.69. The van der Waals surface area contributed by atoms with Crippen LogP contribution >= 0.6 is 0 Å². The topological polar surface area (TPSA) is 71.2 Å². The molecule has 5 heteroatoms. The maximum Gasteiger partial charge on any atom is 0.338 e. The van der Waals surface area contributed by atoms with E-state index in [9.17, 15) is 9.90 Å². The van der Waals surface area contributed by atoms with Crippen molar-refractivity contribution in [3.05, 3.63) is 66.2 Å². The van der Waals surface area contributed by atoms with Crippen LogP contribution in [-0.2, 0) is 4.74 Å². The van der Waals surface area contributed by atoms with Gasteiger partial charge in [0.05, 0.1) is 17.9 Å². The third-order valence-corrected chi connectivity index (χ3v) is 7.69. The molecule has 3 aromatic carbocycles. The fourth-order valence-electron chi connectivity index (χ4n) is 4.50. The summed E-state index contributed by atoms with van der Waals surface area (Å²) in [7, 11) is 0. The van der Waals surface area contributed by atoms with Crippen LogP contribution in [0.5, 0.6) is 5.75 Å². The van der Waals surface area contributed by atoms with Crippen molar-refractivity contribution in [2.45, 2.75) is 40.5 Å². The number of ether oxygens (including phenoxy) is 1. The molecule has 0 unspecified atom stereocenters. The van der Waals surface area contributed by atoms with Gasteiger partial charge in [0.1, 0.15) is 11.4 Å². The number of carbonyl (C=O) groups is 1. The van der Waals surface area contributed by atoms with Crippen molar-refractivity contribution < 1.29 is 14.6 Å². The van der Waals surface area contributed by atoms with Crippen molar-refractivity contribution in [2.24, 2.45) is 27.0 Å². The Morgan fingerprint density at radius 1 is 1.03 bits per heavy atom. The first-order valence-corrected chi connectivity index (χ1v) is 11.1. The van der Waals surface area contributed by atoms with E-state index in [1.165, 1.54) is 0 Å². The van der Waals surface area contributed by atoms with Gasteiger partial charge in [0, 0.05) is 10.8 Å². The Balaban J connectivity index is 1.45. The lowest BCUT2D eigenvalue weighted by Gasteiger charge is -2.40. The highest BCUT2D eigenvalue weighted by Crippen LogP contribution is 2.55. The van der Waals surface area contributed by atoms with Crippen molar-refractivity contribution in [1.29, 1.82) is 0 Å². The molecule has 1 N–H and O–H groups in total. The molecular weight excluding hydrogens is 400 g/mol. The normalized spacial score (nSPS) is 22.4. The number of phenols is 1. The second-order valence-corrected chi connectivity index (χ2v) is 9.70. The number of rotatable bonds is 5. The SMILES string of the molecule is C[C@H]1CC[C@@](C)(COC(=O)c2ccc(N=Nc3c(O)ccc4ccccc34)cc2)C1(C)C. The fourth-order valence-corrected chi connectivity index (χ4v) is 4.50. The molecule has 5 nitrogen and oxygen atoms in total. The molecule has 4 rings (SSSR count). The Kier molecular flexibility index (Phi) is 5.76. The molecule has 1 aliphatic rings. The van der Waals surface area contributed by atoms with Crippen molar-refractivity contribution >= 4 is 28.1 Å². The van der Waals surface area contributed by atoms with E-state index in [4.69, 9.17) is 4.74 Å². The van der Waals surface area contributed by atoms with Gasteiger partial charge in [-0.25, -0.2) is 4.79 Å². The standard InChI is InChI=1S/C27H30N2O3/c1-18-15-16-27(4,26(18,2)3)17-32-25(31)20-9-12-21(13-10-20)28-29-24-22-8-6-5-7-19(22)11-14-23(24)30/h5-14,18,30H,15-17H2,1-4H3/t18-,27-/m0/s1. The summed E-state index contributed by atoms with van der Waals surface area (Å²) >= 11 is 0. The molecule has 0 amide bonds. The molecule has 0 saturated heterocycles. The van der Waals surface area contributed by atoms with Crippen molar-refractivity contribution in [3.8, 4) is 5.75 Å². The first kappa shape index (κ1) is 22.0. The number of phenolic OH excluding ortho intramolecular Hbond substituents is 1. The van der Waals surface area contributed by atoms with Gasteiger partial charge in [-0.1, -0.05) is 58.0 Å². The molecule has 3 aromatic rings. The second kappa shape index (κ2) is 8.38. The quantitative estimate of drug-likeness (QED) is 0.335. The van der Waals surface area contributed by atoms with Crippen LogP contribution in [0.4, 0.5) is 11.4 Å². The van der Waals surface area contributed by atoms with E-state index in [0.29, 0.717) is 29.5 Å². The van der Waals surface area contributed by atoms with E-state index < -0.39 is 0 Å². The van der Waals surface area contributed by atoms with Crippen LogP contribution in [-0.4, -0.2) is 17.7 Å². The predicted molar refractivity (Wildman–Crippen MR) is 127 cm³/mol. The molecule has 0 aliphatic heterocycles. The van der Waals surface area contributed by atoms with Gasteiger partial charge in [0.15, 0.2) is 0 Å². The average molecular weight is 431 g/mol. The Labute approximate surface area is 189 Å². The minimum Gasteiger partial charge on any atom is -0.506 e. The van der Waals surface area contributed by atoms with Gasteiger partial charge >= 0.3 is 5.97 Å². The van der Waals surface area contributed by atoms with Crippen molar-refractivity contribution in [2.75, 3.05) is 6.61 Å². The van der Waals surface area contributed by atoms with E-state index in [1.54, 1.807) is 30.3 Å². The van der Waals surface area contributed by atoms with Crippen LogP contribution in [0.25, 0.3) is 10.8 Å². The summed E-state index contributed by atoms with van der Waals surface area (Å²) in [5.41, 5.74) is 1.62. The zero-order valence-corrected chi connectivity index (χ0v) is 19.1. The summed E-state index contributed by atoms with van der Waals surface area (Å²) in [6, 6.07) is 18.0. The van der Waals surface area contributed by atoms with Crippen molar-refractivity contribution in [1.82, 2.24) is 0 Å². The van der Waals surface area contributed by atoms with Gasteiger partial charge in [-0.15, -0.1) is 5.11 Å².